The van der Waals surface area contributed by atoms with Crippen LogP contribution < -0.4 is 10.1 Å². The molecule has 0 saturated carbocycles. The fourth-order valence-electron chi connectivity index (χ4n) is 2.32. The summed E-state index contributed by atoms with van der Waals surface area (Å²) in [7, 11) is 0. The van der Waals surface area contributed by atoms with Crippen molar-refractivity contribution in [3.63, 3.8) is 0 Å². The first-order valence-corrected chi connectivity index (χ1v) is 7.98. The van der Waals surface area contributed by atoms with Gasteiger partial charge in [0.25, 0.3) is 5.91 Å². The minimum Gasteiger partial charge on any atom is -0.438 e. The molecule has 3 aromatic rings. The van der Waals surface area contributed by atoms with Crippen LogP contribution in [0.5, 0.6) is 11.6 Å². The Hall–Kier alpha value is -3.86. The molecule has 8 heteroatoms. The van der Waals surface area contributed by atoms with Gasteiger partial charge in [0.2, 0.25) is 5.88 Å². The van der Waals surface area contributed by atoms with E-state index in [9.17, 15) is 18.0 Å². The molecule has 5 nitrogen and oxygen atoms in total. The molecule has 0 aliphatic rings. The molecule has 0 atom stereocenters. The Morgan fingerprint density at radius 3 is 2.50 bits per heavy atom. The molecule has 1 heterocycles. The molecule has 0 bridgehead atoms. The Balaban J connectivity index is 1.83. The second-order valence-electron chi connectivity index (χ2n) is 5.63. The number of nitrogens with one attached hydrogen (secondary N) is 1. The van der Waals surface area contributed by atoms with Gasteiger partial charge in [-0.25, -0.2) is 4.98 Å². The SMILES string of the molecule is N#Cc1ccc(NC(=O)c2cccnc2Oc2cccc(C(F)(F)F)c2)cc1. The van der Waals surface area contributed by atoms with E-state index < -0.39 is 17.6 Å². The first-order valence-electron chi connectivity index (χ1n) is 7.98. The van der Waals surface area contributed by atoms with E-state index in [-0.39, 0.29) is 17.2 Å². The minimum atomic E-state index is -4.51. The normalized spacial score (nSPS) is 10.8. The van der Waals surface area contributed by atoms with Gasteiger partial charge in [0, 0.05) is 11.9 Å². The van der Waals surface area contributed by atoms with E-state index in [0.717, 1.165) is 12.1 Å². The molecule has 2 aromatic carbocycles. The van der Waals surface area contributed by atoms with Gasteiger partial charge in [-0.2, -0.15) is 18.4 Å². The second-order valence-corrected chi connectivity index (χ2v) is 5.63. The Morgan fingerprint density at radius 1 is 1.07 bits per heavy atom. The number of carbonyl (C=O) groups is 1. The third-order valence-corrected chi connectivity index (χ3v) is 3.66. The largest absolute Gasteiger partial charge is 0.438 e. The van der Waals surface area contributed by atoms with Crippen LogP contribution in [0.25, 0.3) is 0 Å². The Bertz CT molecular complexity index is 1040. The number of nitriles is 1. The number of hydrogen-bond acceptors (Lipinski definition) is 4. The van der Waals surface area contributed by atoms with Crippen LogP contribution in [-0.2, 0) is 6.18 Å². The van der Waals surface area contributed by atoms with E-state index >= 15 is 0 Å². The molecular weight excluding hydrogens is 371 g/mol. The summed E-state index contributed by atoms with van der Waals surface area (Å²) >= 11 is 0. The molecule has 1 N–H and O–H groups in total. The highest BCUT2D eigenvalue weighted by Gasteiger charge is 2.30. The highest BCUT2D eigenvalue weighted by Crippen LogP contribution is 2.33. The molecule has 1 amide bonds. The molecule has 1 aromatic heterocycles. The zero-order valence-corrected chi connectivity index (χ0v) is 14.2. The van der Waals surface area contributed by atoms with Crippen molar-refractivity contribution >= 4 is 11.6 Å². The zero-order valence-electron chi connectivity index (χ0n) is 14.2. The van der Waals surface area contributed by atoms with Crippen molar-refractivity contribution in [2.75, 3.05) is 5.32 Å². The van der Waals surface area contributed by atoms with Crippen LogP contribution in [0, 0.1) is 11.3 Å². The smallest absolute Gasteiger partial charge is 0.416 e. The van der Waals surface area contributed by atoms with Gasteiger partial charge in [0.15, 0.2) is 0 Å². The zero-order chi connectivity index (χ0) is 20.1. The van der Waals surface area contributed by atoms with Crippen molar-refractivity contribution in [1.29, 1.82) is 5.26 Å². The molecule has 0 saturated heterocycles. The van der Waals surface area contributed by atoms with Crippen molar-refractivity contribution < 1.29 is 22.7 Å². The number of rotatable bonds is 4. The van der Waals surface area contributed by atoms with Crippen LogP contribution in [0.4, 0.5) is 18.9 Å². The number of nitrogens with zero attached hydrogens (tertiary/aromatic N) is 2. The molecule has 0 radical (unpaired) electrons. The van der Waals surface area contributed by atoms with E-state index in [1.807, 2.05) is 6.07 Å². The van der Waals surface area contributed by atoms with Gasteiger partial charge in [0.05, 0.1) is 17.2 Å². The molecule has 0 fully saturated rings. The van der Waals surface area contributed by atoms with Crippen molar-refractivity contribution in [3.05, 3.63) is 83.6 Å². The summed E-state index contributed by atoms with van der Waals surface area (Å²) in [6.45, 7) is 0. The van der Waals surface area contributed by atoms with Crippen LogP contribution >= 0.6 is 0 Å². The third-order valence-electron chi connectivity index (χ3n) is 3.66. The molecular formula is C20H12F3N3O2. The number of anilines is 1. The highest BCUT2D eigenvalue weighted by atomic mass is 19.4. The van der Waals surface area contributed by atoms with Gasteiger partial charge in [0.1, 0.15) is 11.3 Å². The molecule has 3 rings (SSSR count). The van der Waals surface area contributed by atoms with Gasteiger partial charge >= 0.3 is 6.18 Å². The number of halogens is 3. The lowest BCUT2D eigenvalue weighted by molar-refractivity contribution is -0.137. The molecule has 0 aliphatic heterocycles. The molecule has 0 unspecified atom stereocenters. The molecule has 0 aliphatic carbocycles. The monoisotopic (exact) mass is 383 g/mol. The summed E-state index contributed by atoms with van der Waals surface area (Å²) in [4.78, 5) is 16.5. The number of amides is 1. The Kier molecular flexibility index (Phi) is 5.27. The van der Waals surface area contributed by atoms with Crippen LogP contribution in [0.3, 0.4) is 0 Å². The maximum absolute atomic E-state index is 12.9. The summed E-state index contributed by atoms with van der Waals surface area (Å²) in [5.41, 5.74) is 0.0552. The third kappa shape index (κ3) is 4.45. The van der Waals surface area contributed by atoms with Gasteiger partial charge < -0.3 is 10.1 Å². The molecule has 28 heavy (non-hydrogen) atoms. The Morgan fingerprint density at radius 2 is 1.82 bits per heavy atom. The fourth-order valence-corrected chi connectivity index (χ4v) is 2.32. The summed E-state index contributed by atoms with van der Waals surface area (Å²) in [5.74, 6) is -0.784. The topological polar surface area (TPSA) is 75.0 Å². The number of hydrogen-bond donors (Lipinski definition) is 1. The average Bonchev–Trinajstić information content (AvgIpc) is 2.68. The summed E-state index contributed by atoms with van der Waals surface area (Å²) < 4.78 is 44.0. The minimum absolute atomic E-state index is 0.0456. The van der Waals surface area contributed by atoms with Gasteiger partial charge in [-0.1, -0.05) is 6.07 Å². The Labute approximate surface area is 158 Å². The number of aromatic nitrogens is 1. The molecule has 0 spiro atoms. The fraction of sp³-hybridized carbons (Fsp3) is 0.0500. The standard InChI is InChI=1S/C20H12F3N3O2/c21-20(22,23)14-3-1-4-16(11-14)28-19-17(5-2-10-25-19)18(27)26-15-8-6-13(12-24)7-9-15/h1-11H,(H,26,27). The predicted octanol–water partition coefficient (Wildman–Crippen LogP) is 5.02. The number of ether oxygens (including phenoxy) is 1. The van der Waals surface area contributed by atoms with Gasteiger partial charge in [-0.15, -0.1) is 0 Å². The van der Waals surface area contributed by atoms with Crippen molar-refractivity contribution in [2.45, 2.75) is 6.18 Å². The van der Waals surface area contributed by atoms with Crippen LogP contribution in [0.15, 0.2) is 66.9 Å². The van der Waals surface area contributed by atoms with E-state index in [1.54, 1.807) is 24.3 Å². The first kappa shape index (κ1) is 18.9. The summed E-state index contributed by atoms with van der Waals surface area (Å²) in [6, 6.07) is 15.4. The maximum atomic E-state index is 12.9. The van der Waals surface area contributed by atoms with E-state index in [4.69, 9.17) is 10.00 Å². The van der Waals surface area contributed by atoms with E-state index in [1.165, 1.54) is 30.5 Å². The van der Waals surface area contributed by atoms with Gasteiger partial charge in [-0.3, -0.25) is 4.79 Å². The lowest BCUT2D eigenvalue weighted by atomic mass is 10.2. The number of benzene rings is 2. The predicted molar refractivity (Wildman–Crippen MR) is 94.9 cm³/mol. The van der Waals surface area contributed by atoms with Crippen LogP contribution in [0.1, 0.15) is 21.5 Å². The lowest BCUT2D eigenvalue weighted by Crippen LogP contribution is -2.13. The molecule has 140 valence electrons. The quantitative estimate of drug-likeness (QED) is 0.687. The second kappa shape index (κ2) is 7.80. The lowest BCUT2D eigenvalue weighted by Gasteiger charge is -2.12. The highest BCUT2D eigenvalue weighted by molar-refractivity contribution is 6.05. The maximum Gasteiger partial charge on any atom is 0.416 e. The van der Waals surface area contributed by atoms with E-state index in [0.29, 0.717) is 11.3 Å². The van der Waals surface area contributed by atoms with Crippen molar-refractivity contribution in [2.24, 2.45) is 0 Å². The number of pyridine rings is 1. The van der Waals surface area contributed by atoms with Gasteiger partial charge in [-0.05, 0) is 54.6 Å². The number of carbonyl (C=O) groups excluding carboxylic acids is 1. The summed E-state index contributed by atoms with van der Waals surface area (Å²) in [6.07, 6.45) is -3.15. The number of alkyl halides is 3. The first-order chi connectivity index (χ1) is 13.4. The average molecular weight is 383 g/mol. The van der Waals surface area contributed by atoms with Crippen LogP contribution in [0.2, 0.25) is 0 Å². The van der Waals surface area contributed by atoms with E-state index in [2.05, 4.69) is 10.3 Å². The van der Waals surface area contributed by atoms with Crippen molar-refractivity contribution in [3.8, 4) is 17.7 Å². The summed E-state index contributed by atoms with van der Waals surface area (Å²) in [5, 5.41) is 11.4. The van der Waals surface area contributed by atoms with Crippen LogP contribution in [-0.4, -0.2) is 10.9 Å². The van der Waals surface area contributed by atoms with Crippen molar-refractivity contribution in [1.82, 2.24) is 4.98 Å².